The number of fused-ring (bicyclic) bond motifs is 4. The Morgan fingerprint density at radius 3 is 2.04 bits per heavy atom. The van der Waals surface area contributed by atoms with Crippen molar-refractivity contribution in [1.82, 2.24) is 9.97 Å². The summed E-state index contributed by atoms with van der Waals surface area (Å²) >= 11 is 0. The smallest absolute Gasteiger partial charge is 0.160 e. The maximum Gasteiger partial charge on any atom is 0.160 e. The largest absolute Gasteiger partial charge is 0.333 e. The standard InChI is InChI=1S/C44H35N3/c1-5-6-20-37-29(2)35-27-42-36(26-38(35)44(37,3)4)34-19-13-14-21-41(34)47(42)33-24-22-31(23-25-33)40-28-39(30-15-9-7-10-16-30)45-43(46-40)32-17-11-8-12-18-32/h1,6-28,36,42H,2-4H3/b20-6-. The molecule has 0 amide bonds. The summed E-state index contributed by atoms with van der Waals surface area (Å²) in [6.07, 6.45) is 14.6. The molecule has 0 spiro atoms. The van der Waals surface area contributed by atoms with E-state index in [2.05, 4.69) is 129 Å². The van der Waals surface area contributed by atoms with Gasteiger partial charge in [0.05, 0.1) is 17.4 Å². The second kappa shape index (κ2) is 11.3. The molecule has 0 N–H and O–H groups in total. The van der Waals surface area contributed by atoms with Gasteiger partial charge in [-0.2, -0.15) is 0 Å². The normalized spacial score (nSPS) is 19.1. The predicted octanol–water partition coefficient (Wildman–Crippen LogP) is 10.5. The maximum atomic E-state index is 5.61. The van der Waals surface area contributed by atoms with Gasteiger partial charge in [0, 0.05) is 39.4 Å². The second-order valence-electron chi connectivity index (χ2n) is 13.0. The van der Waals surface area contributed by atoms with Crippen LogP contribution in [-0.4, -0.2) is 16.0 Å². The lowest BCUT2D eigenvalue weighted by Gasteiger charge is -2.33. The average Bonchev–Trinajstić information content (AvgIpc) is 3.54. The summed E-state index contributed by atoms with van der Waals surface area (Å²) in [5.74, 6) is 3.67. The number of rotatable bonds is 5. The first kappa shape index (κ1) is 28.7. The Morgan fingerprint density at radius 1 is 0.745 bits per heavy atom. The van der Waals surface area contributed by atoms with Gasteiger partial charge in [0.25, 0.3) is 0 Å². The van der Waals surface area contributed by atoms with E-state index in [9.17, 15) is 0 Å². The first-order valence-electron chi connectivity index (χ1n) is 16.2. The summed E-state index contributed by atoms with van der Waals surface area (Å²) in [6.45, 7) is 6.87. The molecule has 0 radical (unpaired) electrons. The third kappa shape index (κ3) is 4.77. The van der Waals surface area contributed by atoms with Crippen LogP contribution in [0.2, 0.25) is 0 Å². The van der Waals surface area contributed by atoms with E-state index in [0.29, 0.717) is 0 Å². The van der Waals surface area contributed by atoms with Crippen LogP contribution < -0.4 is 4.90 Å². The number of nitrogens with zero attached hydrogens (tertiary/aromatic N) is 3. The molecule has 1 aliphatic heterocycles. The molecule has 8 rings (SSSR count). The minimum absolute atomic E-state index is 0.104. The SMILES string of the molecule is C#C/C=C\C1=C(C)C2=CC3C(C=C2C1(C)C)c1ccccc1N3c1ccc(-c2cc(-c3ccccc3)nc(-c3ccccc3)n2)cc1. The van der Waals surface area contributed by atoms with Gasteiger partial charge in [0.1, 0.15) is 0 Å². The molecule has 5 aromatic rings. The van der Waals surface area contributed by atoms with Crippen LogP contribution in [0.15, 0.2) is 162 Å². The van der Waals surface area contributed by atoms with Gasteiger partial charge in [0.2, 0.25) is 0 Å². The number of allylic oxidation sites excluding steroid dienone is 6. The Kier molecular flexibility index (Phi) is 6.89. The molecule has 2 unspecified atom stereocenters. The van der Waals surface area contributed by atoms with Crippen LogP contribution >= 0.6 is 0 Å². The quantitative estimate of drug-likeness (QED) is 0.187. The van der Waals surface area contributed by atoms with Gasteiger partial charge in [-0.25, -0.2) is 9.97 Å². The van der Waals surface area contributed by atoms with Crippen molar-refractivity contribution in [1.29, 1.82) is 0 Å². The van der Waals surface area contributed by atoms with Crippen LogP contribution in [0.1, 0.15) is 32.3 Å². The zero-order valence-corrected chi connectivity index (χ0v) is 26.9. The van der Waals surface area contributed by atoms with E-state index in [1.165, 1.54) is 33.5 Å². The zero-order chi connectivity index (χ0) is 32.1. The van der Waals surface area contributed by atoms with Gasteiger partial charge in [-0.05, 0) is 71.2 Å². The fourth-order valence-corrected chi connectivity index (χ4v) is 7.66. The Balaban J connectivity index is 1.20. The molecular weight excluding hydrogens is 571 g/mol. The van der Waals surface area contributed by atoms with E-state index in [1.807, 2.05) is 42.5 Å². The third-order valence-electron chi connectivity index (χ3n) is 9.97. The summed E-state index contributed by atoms with van der Waals surface area (Å²) in [7, 11) is 0. The third-order valence-corrected chi connectivity index (χ3v) is 9.97. The van der Waals surface area contributed by atoms with Gasteiger partial charge in [-0.3, -0.25) is 0 Å². The highest BCUT2D eigenvalue weighted by atomic mass is 15.2. The van der Waals surface area contributed by atoms with Crippen molar-refractivity contribution in [2.24, 2.45) is 5.41 Å². The van der Waals surface area contributed by atoms with Crippen LogP contribution in [-0.2, 0) is 0 Å². The van der Waals surface area contributed by atoms with Crippen molar-refractivity contribution >= 4 is 11.4 Å². The molecule has 0 bridgehead atoms. The van der Waals surface area contributed by atoms with Crippen LogP contribution in [0.5, 0.6) is 0 Å². The summed E-state index contributed by atoms with van der Waals surface area (Å²) < 4.78 is 0. The molecule has 2 heterocycles. The highest BCUT2D eigenvalue weighted by Gasteiger charge is 2.45. The molecule has 3 heteroatoms. The fraction of sp³-hybridized carbons (Fsp3) is 0.136. The van der Waals surface area contributed by atoms with Crippen molar-refractivity contribution in [3.8, 4) is 46.2 Å². The van der Waals surface area contributed by atoms with E-state index < -0.39 is 0 Å². The molecule has 4 aromatic carbocycles. The van der Waals surface area contributed by atoms with Gasteiger partial charge in [-0.1, -0.05) is 123 Å². The van der Waals surface area contributed by atoms with Gasteiger partial charge < -0.3 is 4.90 Å². The van der Waals surface area contributed by atoms with Gasteiger partial charge in [-0.15, -0.1) is 6.42 Å². The lowest BCUT2D eigenvalue weighted by molar-refractivity contribution is 0.564. The first-order valence-corrected chi connectivity index (χ1v) is 16.2. The Labute approximate surface area is 277 Å². The predicted molar refractivity (Wildman–Crippen MR) is 194 cm³/mol. The highest BCUT2D eigenvalue weighted by molar-refractivity contribution is 5.80. The van der Waals surface area contributed by atoms with Crippen molar-refractivity contribution in [3.63, 3.8) is 0 Å². The Bertz CT molecular complexity index is 2120. The maximum absolute atomic E-state index is 5.61. The Morgan fingerprint density at radius 2 is 1.36 bits per heavy atom. The van der Waals surface area contributed by atoms with Gasteiger partial charge in [0.15, 0.2) is 5.82 Å². The first-order chi connectivity index (χ1) is 22.9. The molecule has 0 saturated heterocycles. The van der Waals surface area contributed by atoms with Crippen LogP contribution in [0.3, 0.4) is 0 Å². The molecule has 2 atom stereocenters. The van der Waals surface area contributed by atoms with E-state index >= 15 is 0 Å². The molecule has 0 fully saturated rings. The lowest BCUT2D eigenvalue weighted by atomic mass is 9.75. The molecule has 3 nitrogen and oxygen atoms in total. The summed E-state index contributed by atoms with van der Waals surface area (Å²) in [6, 6.07) is 40.5. The topological polar surface area (TPSA) is 29.0 Å². The molecule has 226 valence electrons. The highest BCUT2D eigenvalue weighted by Crippen LogP contribution is 2.57. The van der Waals surface area contributed by atoms with Crippen molar-refractivity contribution in [3.05, 3.63) is 167 Å². The zero-order valence-electron chi connectivity index (χ0n) is 26.9. The second-order valence-corrected chi connectivity index (χ2v) is 13.0. The summed E-state index contributed by atoms with van der Waals surface area (Å²) in [5, 5.41) is 0. The number of anilines is 2. The minimum atomic E-state index is -0.104. The van der Waals surface area contributed by atoms with Crippen LogP contribution in [0.4, 0.5) is 11.4 Å². The molecule has 3 aliphatic rings. The number of hydrogen-bond acceptors (Lipinski definition) is 3. The van der Waals surface area contributed by atoms with Crippen molar-refractivity contribution in [2.75, 3.05) is 4.90 Å². The number of hydrogen-bond donors (Lipinski definition) is 0. The number of para-hydroxylation sites is 1. The molecule has 1 aromatic heterocycles. The number of terminal acetylenes is 1. The Hall–Kier alpha value is -5.72. The van der Waals surface area contributed by atoms with Crippen molar-refractivity contribution in [2.45, 2.75) is 32.7 Å². The minimum Gasteiger partial charge on any atom is -0.333 e. The van der Waals surface area contributed by atoms with E-state index in [1.54, 1.807) is 0 Å². The van der Waals surface area contributed by atoms with Crippen LogP contribution in [0.25, 0.3) is 33.9 Å². The van der Waals surface area contributed by atoms with Crippen molar-refractivity contribution < 1.29 is 0 Å². The van der Waals surface area contributed by atoms with E-state index in [0.717, 1.165) is 39.6 Å². The van der Waals surface area contributed by atoms with Gasteiger partial charge >= 0.3 is 0 Å². The summed E-state index contributed by atoms with van der Waals surface area (Å²) in [4.78, 5) is 12.5. The molecular formula is C44H35N3. The average molecular weight is 606 g/mol. The molecule has 0 saturated carbocycles. The van der Waals surface area contributed by atoms with E-state index in [4.69, 9.17) is 16.4 Å². The number of aromatic nitrogens is 2. The molecule has 47 heavy (non-hydrogen) atoms. The fourth-order valence-electron chi connectivity index (χ4n) is 7.66. The van der Waals surface area contributed by atoms with Crippen LogP contribution in [0, 0.1) is 17.8 Å². The summed E-state index contributed by atoms with van der Waals surface area (Å²) in [5.41, 5.74) is 14.0. The monoisotopic (exact) mass is 605 g/mol. The lowest BCUT2D eigenvalue weighted by Crippen LogP contribution is -2.31. The molecule has 2 aliphatic carbocycles. The van der Waals surface area contributed by atoms with E-state index in [-0.39, 0.29) is 17.4 Å². The number of benzene rings is 4.